The lowest BCUT2D eigenvalue weighted by Crippen LogP contribution is -2.26. The van der Waals surface area contributed by atoms with Gasteiger partial charge in [-0.3, -0.25) is 9.52 Å². The number of fused-ring (bicyclic) bond motifs is 1. The van der Waals surface area contributed by atoms with Crippen molar-refractivity contribution in [3.8, 4) is 9.88 Å². The van der Waals surface area contributed by atoms with E-state index in [0.717, 1.165) is 26.4 Å². The molecule has 2 N–H and O–H groups in total. The van der Waals surface area contributed by atoms with Crippen LogP contribution in [0.3, 0.4) is 0 Å². The first kappa shape index (κ1) is 20.5. The molecular formula is C21H19N3O3S3. The van der Waals surface area contributed by atoms with Gasteiger partial charge in [-0.25, -0.2) is 13.4 Å². The Labute approximate surface area is 182 Å². The van der Waals surface area contributed by atoms with Crippen LogP contribution in [0.15, 0.2) is 60.7 Å². The number of hydrogen-bond acceptors (Lipinski definition) is 6. The molecule has 9 heteroatoms. The Hall–Kier alpha value is -2.75. The molecule has 1 unspecified atom stereocenters. The molecule has 4 rings (SSSR count). The monoisotopic (exact) mass is 457 g/mol. The van der Waals surface area contributed by atoms with Crippen molar-refractivity contribution in [3.63, 3.8) is 0 Å². The van der Waals surface area contributed by atoms with Gasteiger partial charge in [-0.2, -0.15) is 0 Å². The van der Waals surface area contributed by atoms with Crippen LogP contribution in [-0.4, -0.2) is 25.6 Å². The van der Waals surface area contributed by atoms with Gasteiger partial charge in [0, 0.05) is 0 Å². The normalized spacial score (nSPS) is 12.6. The zero-order valence-corrected chi connectivity index (χ0v) is 18.7. The van der Waals surface area contributed by atoms with Crippen molar-refractivity contribution < 1.29 is 13.2 Å². The number of carbonyl (C=O) groups is 1. The molecule has 2 aromatic heterocycles. The third-order valence-corrected chi connectivity index (χ3v) is 7.29. The number of nitrogens with zero attached hydrogens (tertiary/aromatic N) is 1. The highest BCUT2D eigenvalue weighted by Crippen LogP contribution is 2.34. The summed E-state index contributed by atoms with van der Waals surface area (Å²) in [5, 5.41) is 3.83. The highest BCUT2D eigenvalue weighted by molar-refractivity contribution is 7.92. The smallest absolute Gasteiger partial charge is 0.261 e. The SMILES string of the molecule is CC(NC(=O)c1ccc(-c2nc3ccccc3s2)s1)c1ccccc1NS(C)(=O)=O. The topological polar surface area (TPSA) is 88.2 Å². The number of rotatable bonds is 6. The maximum Gasteiger partial charge on any atom is 0.261 e. The Morgan fingerprint density at radius 2 is 1.73 bits per heavy atom. The predicted octanol–water partition coefficient (Wildman–Crippen LogP) is 4.89. The summed E-state index contributed by atoms with van der Waals surface area (Å²) in [6, 6.07) is 18.3. The maximum absolute atomic E-state index is 12.8. The molecule has 0 radical (unpaired) electrons. The fourth-order valence-corrected chi connectivity index (χ4v) is 5.58. The minimum Gasteiger partial charge on any atom is -0.345 e. The van der Waals surface area contributed by atoms with E-state index < -0.39 is 10.0 Å². The molecule has 154 valence electrons. The second kappa shape index (κ2) is 8.17. The highest BCUT2D eigenvalue weighted by atomic mass is 32.2. The van der Waals surface area contributed by atoms with Crippen LogP contribution < -0.4 is 10.0 Å². The highest BCUT2D eigenvalue weighted by Gasteiger charge is 2.18. The van der Waals surface area contributed by atoms with Crippen molar-refractivity contribution >= 4 is 54.5 Å². The van der Waals surface area contributed by atoms with Gasteiger partial charge in [0.25, 0.3) is 5.91 Å². The first-order chi connectivity index (χ1) is 14.3. The average Bonchev–Trinajstić information content (AvgIpc) is 3.34. The van der Waals surface area contributed by atoms with Crippen LogP contribution in [0.4, 0.5) is 5.69 Å². The fraction of sp³-hybridized carbons (Fsp3) is 0.143. The Kier molecular flexibility index (Phi) is 5.59. The first-order valence-electron chi connectivity index (χ1n) is 9.13. The van der Waals surface area contributed by atoms with Gasteiger partial charge in [0.15, 0.2) is 0 Å². The maximum atomic E-state index is 12.8. The molecule has 0 aliphatic rings. The number of carbonyl (C=O) groups excluding carboxylic acids is 1. The van der Waals surface area contributed by atoms with Crippen molar-refractivity contribution in [3.05, 3.63) is 71.1 Å². The molecule has 2 heterocycles. The predicted molar refractivity (Wildman–Crippen MR) is 124 cm³/mol. The number of thiazole rings is 1. The number of nitrogens with one attached hydrogen (secondary N) is 2. The van der Waals surface area contributed by atoms with Crippen LogP contribution >= 0.6 is 22.7 Å². The molecule has 0 saturated carbocycles. The van der Waals surface area contributed by atoms with E-state index in [9.17, 15) is 13.2 Å². The van der Waals surface area contributed by atoms with Gasteiger partial charge in [-0.1, -0.05) is 30.3 Å². The number of thiophene rings is 1. The van der Waals surface area contributed by atoms with E-state index in [-0.39, 0.29) is 11.9 Å². The minimum atomic E-state index is -3.42. The Morgan fingerprint density at radius 3 is 2.50 bits per heavy atom. The zero-order valence-electron chi connectivity index (χ0n) is 16.2. The molecule has 0 aliphatic carbocycles. The van der Waals surface area contributed by atoms with Gasteiger partial charge in [0.05, 0.1) is 38.0 Å². The number of para-hydroxylation sites is 2. The Balaban J connectivity index is 1.52. The first-order valence-corrected chi connectivity index (χ1v) is 12.7. The summed E-state index contributed by atoms with van der Waals surface area (Å²) < 4.78 is 26.8. The van der Waals surface area contributed by atoms with Crippen LogP contribution in [0.1, 0.15) is 28.2 Å². The van der Waals surface area contributed by atoms with Crippen LogP contribution in [-0.2, 0) is 10.0 Å². The average molecular weight is 458 g/mol. The van der Waals surface area contributed by atoms with Crippen LogP contribution in [0, 0.1) is 0 Å². The van der Waals surface area contributed by atoms with Gasteiger partial charge in [0.2, 0.25) is 10.0 Å². The summed E-state index contributed by atoms with van der Waals surface area (Å²) in [5.41, 5.74) is 2.09. The van der Waals surface area contributed by atoms with Crippen molar-refractivity contribution in [2.75, 3.05) is 11.0 Å². The second-order valence-corrected chi connectivity index (χ2v) is 10.7. The molecule has 30 heavy (non-hydrogen) atoms. The van der Waals surface area contributed by atoms with Crippen molar-refractivity contribution in [1.82, 2.24) is 10.3 Å². The fourth-order valence-electron chi connectivity index (χ4n) is 3.07. The van der Waals surface area contributed by atoms with Gasteiger partial charge < -0.3 is 5.32 Å². The third kappa shape index (κ3) is 4.53. The number of sulfonamides is 1. The molecule has 0 spiro atoms. The van der Waals surface area contributed by atoms with E-state index in [2.05, 4.69) is 15.0 Å². The van der Waals surface area contributed by atoms with E-state index in [1.54, 1.807) is 35.6 Å². The lowest BCUT2D eigenvalue weighted by Gasteiger charge is -2.18. The molecule has 1 amide bonds. The minimum absolute atomic E-state index is 0.214. The van der Waals surface area contributed by atoms with E-state index in [1.807, 2.05) is 43.3 Å². The lowest BCUT2D eigenvalue weighted by molar-refractivity contribution is 0.0944. The molecular weight excluding hydrogens is 438 g/mol. The zero-order chi connectivity index (χ0) is 21.3. The lowest BCUT2D eigenvalue weighted by atomic mass is 10.1. The third-order valence-electron chi connectivity index (χ3n) is 4.40. The molecule has 0 bridgehead atoms. The molecule has 0 fully saturated rings. The molecule has 6 nitrogen and oxygen atoms in total. The van der Waals surface area contributed by atoms with Gasteiger partial charge in [-0.15, -0.1) is 22.7 Å². The number of amides is 1. The van der Waals surface area contributed by atoms with E-state index in [0.29, 0.717) is 16.1 Å². The summed E-state index contributed by atoms with van der Waals surface area (Å²) in [6.45, 7) is 1.82. The summed E-state index contributed by atoms with van der Waals surface area (Å²) >= 11 is 2.98. The van der Waals surface area contributed by atoms with E-state index >= 15 is 0 Å². The molecule has 0 aliphatic heterocycles. The summed E-state index contributed by atoms with van der Waals surface area (Å²) in [4.78, 5) is 18.9. The second-order valence-electron chi connectivity index (χ2n) is 6.81. The number of aromatic nitrogens is 1. The molecule has 4 aromatic rings. The van der Waals surface area contributed by atoms with Gasteiger partial charge in [0.1, 0.15) is 5.01 Å². The van der Waals surface area contributed by atoms with Crippen LogP contribution in [0.25, 0.3) is 20.1 Å². The number of hydrogen-bond donors (Lipinski definition) is 2. The standard InChI is InChI=1S/C21H19N3O3S3/c1-13(14-7-3-4-8-15(14)24-30(2,26)27)22-20(25)18-11-12-19(28-18)21-23-16-9-5-6-10-17(16)29-21/h3-13,24H,1-2H3,(H,22,25). The van der Waals surface area contributed by atoms with E-state index in [4.69, 9.17) is 0 Å². The van der Waals surface area contributed by atoms with Crippen molar-refractivity contribution in [2.45, 2.75) is 13.0 Å². The largest absolute Gasteiger partial charge is 0.345 e. The summed E-state index contributed by atoms with van der Waals surface area (Å²) in [5.74, 6) is -0.214. The Morgan fingerprint density at radius 1 is 1.00 bits per heavy atom. The number of anilines is 1. The van der Waals surface area contributed by atoms with Crippen LogP contribution in [0.5, 0.6) is 0 Å². The Bertz CT molecular complexity index is 1290. The van der Waals surface area contributed by atoms with Crippen molar-refractivity contribution in [2.24, 2.45) is 0 Å². The molecule has 0 saturated heterocycles. The quantitative estimate of drug-likeness (QED) is 0.432. The summed E-state index contributed by atoms with van der Waals surface area (Å²) in [6.07, 6.45) is 1.10. The van der Waals surface area contributed by atoms with Crippen LogP contribution in [0.2, 0.25) is 0 Å². The summed E-state index contributed by atoms with van der Waals surface area (Å²) in [7, 11) is -3.42. The van der Waals surface area contributed by atoms with E-state index in [1.165, 1.54) is 11.3 Å². The molecule has 1 atom stereocenters. The molecule has 2 aromatic carbocycles. The number of benzene rings is 2. The van der Waals surface area contributed by atoms with Gasteiger partial charge in [-0.05, 0) is 42.8 Å². The van der Waals surface area contributed by atoms with Crippen molar-refractivity contribution in [1.29, 1.82) is 0 Å². The van der Waals surface area contributed by atoms with Gasteiger partial charge >= 0.3 is 0 Å².